The Morgan fingerprint density at radius 1 is 0.946 bits per heavy atom. The number of ether oxygens (including phenoxy) is 5. The van der Waals surface area contributed by atoms with Crippen molar-refractivity contribution in [1.29, 1.82) is 5.26 Å². The molecule has 5 rings (SSSR count). The summed E-state index contributed by atoms with van der Waals surface area (Å²) in [6.45, 7) is 9.30. The van der Waals surface area contributed by atoms with Gasteiger partial charge in [0.25, 0.3) is 14.4 Å². The molecule has 3 amide bonds. The molecular weight excluding hydrogens is 739 g/mol. The predicted octanol–water partition coefficient (Wildman–Crippen LogP) is 6.27. The van der Waals surface area contributed by atoms with E-state index in [0.717, 1.165) is 16.7 Å². The van der Waals surface area contributed by atoms with E-state index >= 15 is 0 Å². The van der Waals surface area contributed by atoms with Crippen molar-refractivity contribution in [3.8, 4) is 17.6 Å². The molecule has 0 radical (unpaired) electrons. The van der Waals surface area contributed by atoms with Crippen molar-refractivity contribution in [3.63, 3.8) is 0 Å². The molecule has 0 aliphatic carbocycles. The second kappa shape index (κ2) is 19.5. The third-order valence-electron chi connectivity index (χ3n) is 9.51. The molecular formula is C41H51N4O10P. The zero-order valence-electron chi connectivity index (χ0n) is 32.9. The number of nitrogens with one attached hydrogen (secondary N) is 1. The molecule has 56 heavy (non-hydrogen) atoms. The summed E-state index contributed by atoms with van der Waals surface area (Å²) >= 11 is 0. The van der Waals surface area contributed by atoms with Gasteiger partial charge < -0.3 is 32.7 Å². The highest BCUT2D eigenvalue weighted by Crippen LogP contribution is 2.50. The number of urea groups is 1. The van der Waals surface area contributed by atoms with Gasteiger partial charge in [-0.2, -0.15) is 5.26 Å². The Hall–Kier alpha value is -4.61. The van der Waals surface area contributed by atoms with E-state index in [2.05, 4.69) is 16.1 Å². The van der Waals surface area contributed by atoms with Crippen molar-refractivity contribution < 1.29 is 47.1 Å². The molecule has 14 nitrogen and oxygen atoms in total. The van der Waals surface area contributed by atoms with Crippen LogP contribution < -0.4 is 14.8 Å². The largest absolute Gasteiger partial charge is 0.497 e. The first-order valence-corrected chi connectivity index (χ1v) is 19.7. The Morgan fingerprint density at radius 3 is 2.04 bits per heavy atom. The molecule has 2 aliphatic heterocycles. The first kappa shape index (κ1) is 42.5. The van der Waals surface area contributed by atoms with Gasteiger partial charge in [0.15, 0.2) is 6.10 Å². The van der Waals surface area contributed by atoms with Crippen LogP contribution in [0, 0.1) is 11.3 Å². The van der Waals surface area contributed by atoms with Gasteiger partial charge >= 0.3 is 12.0 Å². The minimum atomic E-state index is -1.73. The number of imide groups is 1. The Kier molecular flexibility index (Phi) is 14.8. The number of benzene rings is 3. The predicted molar refractivity (Wildman–Crippen MR) is 207 cm³/mol. The van der Waals surface area contributed by atoms with E-state index < -0.39 is 56.6 Å². The number of hydrogen-bond acceptors (Lipinski definition) is 12. The molecule has 300 valence electrons. The molecule has 0 spiro atoms. The summed E-state index contributed by atoms with van der Waals surface area (Å²) in [6, 6.07) is 26.7. The fourth-order valence-corrected chi connectivity index (χ4v) is 8.75. The third-order valence-corrected chi connectivity index (χ3v) is 11.7. The summed E-state index contributed by atoms with van der Waals surface area (Å²) in [7, 11) is 1.49. The molecule has 5 atom stereocenters. The van der Waals surface area contributed by atoms with E-state index in [9.17, 15) is 19.6 Å². The number of hydrogen-bond donors (Lipinski definition) is 1. The summed E-state index contributed by atoms with van der Waals surface area (Å²) in [5.74, 6) is -0.0134. The SMILES string of the molecule is COc1ccc(C(OC[C@H]2O[C@@H](N3CC(OC(C)=O)C(=O)NC3=O)C[C@@H]2OP(OCCC#N)N(C(C)C)C(C)C)(c2ccccc2)c2ccc(OC)cc2)cc1. The van der Waals surface area contributed by atoms with Gasteiger partial charge in [-0.3, -0.25) is 19.8 Å². The van der Waals surface area contributed by atoms with Crippen molar-refractivity contribution in [2.75, 3.05) is 34.0 Å². The zero-order chi connectivity index (χ0) is 40.4. The van der Waals surface area contributed by atoms with E-state index in [1.165, 1.54) is 11.8 Å². The van der Waals surface area contributed by atoms with Crippen molar-refractivity contribution in [2.45, 2.75) is 89.7 Å². The second-order valence-corrected chi connectivity index (χ2v) is 15.3. The first-order chi connectivity index (χ1) is 26.9. The van der Waals surface area contributed by atoms with Crippen LogP contribution in [0.3, 0.4) is 0 Å². The zero-order valence-corrected chi connectivity index (χ0v) is 33.8. The van der Waals surface area contributed by atoms with Crippen molar-refractivity contribution in [3.05, 3.63) is 95.6 Å². The minimum Gasteiger partial charge on any atom is -0.497 e. The highest BCUT2D eigenvalue weighted by atomic mass is 31.2. The quantitative estimate of drug-likeness (QED) is 0.0668. The van der Waals surface area contributed by atoms with E-state index in [-0.39, 0.29) is 44.7 Å². The molecule has 2 unspecified atom stereocenters. The second-order valence-electron chi connectivity index (χ2n) is 13.9. The Morgan fingerprint density at radius 2 is 1.52 bits per heavy atom. The number of rotatable bonds is 18. The standard InChI is InChI=1S/C41H51N4O10P/c1-27(2)45(28(3)4)56(52-23-11-22-42)55-35-24-38(44-25-36(53-29(5)46)39(47)43-40(44)48)54-37(35)26-51-41(30-12-9-8-10-13-30,31-14-18-33(49-6)19-15-31)32-16-20-34(50-7)21-17-32/h8-10,12-21,27-28,35-38H,11,23-26H2,1-7H3,(H,43,47,48)/t35-,36?,37+,38+,56?/m0/s1. The highest BCUT2D eigenvalue weighted by molar-refractivity contribution is 7.44. The van der Waals surface area contributed by atoms with Gasteiger partial charge in [0.05, 0.1) is 52.6 Å². The van der Waals surface area contributed by atoms with Gasteiger partial charge in [-0.05, 0) is 68.7 Å². The molecule has 2 fully saturated rings. The highest BCUT2D eigenvalue weighted by Gasteiger charge is 2.48. The fourth-order valence-electron chi connectivity index (χ4n) is 6.99. The van der Waals surface area contributed by atoms with E-state index in [1.807, 2.05) is 107 Å². The lowest BCUT2D eigenvalue weighted by molar-refractivity contribution is -0.159. The number of carbonyl (C=O) groups is 3. The first-order valence-electron chi connectivity index (χ1n) is 18.6. The van der Waals surface area contributed by atoms with Crippen LogP contribution in [0.15, 0.2) is 78.9 Å². The van der Waals surface area contributed by atoms with Crippen LogP contribution in [-0.2, 0) is 38.4 Å². The number of carbonyl (C=O) groups excluding carboxylic acids is 3. The maximum absolute atomic E-state index is 13.3. The lowest BCUT2D eigenvalue weighted by atomic mass is 9.80. The summed E-state index contributed by atoms with van der Waals surface area (Å²) < 4.78 is 45.4. The van der Waals surface area contributed by atoms with Gasteiger partial charge in [0.1, 0.15) is 29.4 Å². The molecule has 0 saturated carbocycles. The molecule has 2 heterocycles. The number of methoxy groups -OCH3 is 2. The lowest BCUT2D eigenvalue weighted by Crippen LogP contribution is -2.60. The van der Waals surface area contributed by atoms with Crippen LogP contribution in [0.4, 0.5) is 4.79 Å². The number of nitriles is 1. The molecule has 3 aromatic carbocycles. The average Bonchev–Trinajstić information content (AvgIpc) is 3.58. The molecule has 15 heteroatoms. The summed E-state index contributed by atoms with van der Waals surface area (Å²) in [6.07, 6.45) is -3.23. The van der Waals surface area contributed by atoms with Crippen LogP contribution >= 0.6 is 8.53 Å². The van der Waals surface area contributed by atoms with Crippen LogP contribution in [0.25, 0.3) is 0 Å². The Bertz CT molecular complexity index is 1750. The molecule has 2 aliphatic rings. The fraction of sp³-hybridized carbons (Fsp3) is 0.463. The summed E-state index contributed by atoms with van der Waals surface area (Å²) in [4.78, 5) is 39.1. The van der Waals surface area contributed by atoms with Gasteiger partial charge in [-0.15, -0.1) is 0 Å². The Labute approximate surface area is 329 Å². The summed E-state index contributed by atoms with van der Waals surface area (Å²) in [5.41, 5.74) is 1.28. The monoisotopic (exact) mass is 790 g/mol. The van der Waals surface area contributed by atoms with Gasteiger partial charge in [-0.25, -0.2) is 9.46 Å². The van der Waals surface area contributed by atoms with Gasteiger partial charge in [0.2, 0.25) is 0 Å². The summed E-state index contributed by atoms with van der Waals surface area (Å²) in [5, 5.41) is 11.6. The molecule has 2 saturated heterocycles. The smallest absolute Gasteiger partial charge is 0.326 e. The maximum atomic E-state index is 13.3. The molecule has 0 bridgehead atoms. The van der Waals surface area contributed by atoms with E-state index in [1.54, 1.807) is 14.2 Å². The van der Waals surface area contributed by atoms with Crippen LogP contribution in [0.2, 0.25) is 0 Å². The molecule has 3 aromatic rings. The van der Waals surface area contributed by atoms with Crippen LogP contribution in [0.5, 0.6) is 11.5 Å². The topological polar surface area (TPSA) is 158 Å². The van der Waals surface area contributed by atoms with Crippen molar-refractivity contribution in [2.24, 2.45) is 0 Å². The van der Waals surface area contributed by atoms with Crippen molar-refractivity contribution >= 4 is 26.4 Å². The minimum absolute atomic E-state index is 0.0234. The van der Waals surface area contributed by atoms with Gasteiger partial charge in [0, 0.05) is 25.4 Å². The lowest BCUT2D eigenvalue weighted by Gasteiger charge is -2.39. The van der Waals surface area contributed by atoms with E-state index in [4.69, 9.17) is 32.7 Å². The average molecular weight is 791 g/mol. The van der Waals surface area contributed by atoms with Crippen LogP contribution in [0.1, 0.15) is 64.2 Å². The third kappa shape index (κ3) is 9.84. The maximum Gasteiger partial charge on any atom is 0.326 e. The number of esters is 1. The van der Waals surface area contributed by atoms with Gasteiger partial charge in [-0.1, -0.05) is 54.6 Å². The molecule has 1 N–H and O–H groups in total. The number of nitrogens with zero attached hydrogens (tertiary/aromatic N) is 3. The van der Waals surface area contributed by atoms with Crippen LogP contribution in [-0.4, -0.2) is 98.1 Å². The van der Waals surface area contributed by atoms with E-state index in [0.29, 0.717) is 11.5 Å². The Balaban J connectivity index is 1.57. The molecule has 0 aromatic heterocycles. The van der Waals surface area contributed by atoms with Crippen molar-refractivity contribution in [1.82, 2.24) is 14.9 Å². The normalized spacial score (nSPS) is 20.6. The number of amides is 3.